The van der Waals surface area contributed by atoms with Gasteiger partial charge in [-0.1, -0.05) is 36.4 Å². The molecule has 4 nitrogen and oxygen atoms in total. The quantitative estimate of drug-likeness (QED) is 0.151. The van der Waals surface area contributed by atoms with Crippen molar-refractivity contribution in [1.29, 1.82) is 0 Å². The first-order valence-electron chi connectivity index (χ1n) is 11.5. The van der Waals surface area contributed by atoms with Crippen molar-refractivity contribution in [1.82, 2.24) is 0 Å². The average molecular weight is 574 g/mol. The molecule has 182 valence electrons. The standard InChI is InChI=1S/C29H35IO4/c1-17-13-24(14-18(2)28(17)33-21(5)31-7)27(23-9-11-26(30)12-10-23)25-15-19(3)29(20(4)16-25)34-22(6)32-8/h9-16,21-22,27H,1-8H3. The minimum absolute atomic E-state index is 0.0783. The molecule has 0 bridgehead atoms. The van der Waals surface area contributed by atoms with Crippen molar-refractivity contribution in [3.63, 3.8) is 0 Å². The molecule has 0 fully saturated rings. The van der Waals surface area contributed by atoms with Gasteiger partial charge >= 0.3 is 0 Å². The predicted molar refractivity (Wildman–Crippen MR) is 146 cm³/mol. The Balaban J connectivity index is 2.14. The van der Waals surface area contributed by atoms with E-state index in [1.165, 1.54) is 20.3 Å². The SMILES string of the molecule is COC(C)Oc1c(C)cc(C(c2ccc(I)cc2)c2cc(C)c(OC(C)OC)c(C)c2)cc1C. The van der Waals surface area contributed by atoms with Crippen molar-refractivity contribution >= 4 is 22.6 Å². The fraction of sp³-hybridized carbons (Fsp3) is 0.379. The number of ether oxygens (including phenoxy) is 4. The van der Waals surface area contributed by atoms with Crippen LogP contribution < -0.4 is 9.47 Å². The molecular weight excluding hydrogens is 539 g/mol. The second kappa shape index (κ2) is 11.6. The largest absolute Gasteiger partial charge is 0.465 e. The molecule has 3 aromatic rings. The Morgan fingerprint density at radius 3 is 1.26 bits per heavy atom. The first-order chi connectivity index (χ1) is 16.1. The molecule has 2 atom stereocenters. The minimum Gasteiger partial charge on any atom is -0.465 e. The summed E-state index contributed by atoms with van der Waals surface area (Å²) in [5, 5.41) is 0. The van der Waals surface area contributed by atoms with Crippen molar-refractivity contribution in [3.8, 4) is 11.5 Å². The monoisotopic (exact) mass is 574 g/mol. The van der Waals surface area contributed by atoms with Crippen LogP contribution in [0.25, 0.3) is 0 Å². The molecule has 2 unspecified atom stereocenters. The summed E-state index contributed by atoms with van der Waals surface area (Å²) in [6, 6.07) is 17.7. The van der Waals surface area contributed by atoms with Crippen LogP contribution in [0, 0.1) is 31.3 Å². The van der Waals surface area contributed by atoms with Crippen LogP contribution in [0.5, 0.6) is 11.5 Å². The molecule has 0 N–H and O–H groups in total. The van der Waals surface area contributed by atoms with E-state index in [-0.39, 0.29) is 18.5 Å². The molecule has 3 rings (SSSR count). The summed E-state index contributed by atoms with van der Waals surface area (Å²) in [7, 11) is 3.31. The molecule has 0 radical (unpaired) electrons. The number of aryl methyl sites for hydroxylation is 4. The Hall–Kier alpha value is -2.09. The summed E-state index contributed by atoms with van der Waals surface area (Å²) in [5.74, 6) is 1.84. The zero-order chi connectivity index (χ0) is 25.0. The van der Waals surface area contributed by atoms with Crippen LogP contribution in [0.15, 0.2) is 48.5 Å². The van der Waals surface area contributed by atoms with E-state index < -0.39 is 0 Å². The third-order valence-electron chi connectivity index (χ3n) is 6.07. The first kappa shape index (κ1) is 26.5. The van der Waals surface area contributed by atoms with E-state index in [1.54, 1.807) is 14.2 Å². The second-order valence-electron chi connectivity index (χ2n) is 8.79. The van der Waals surface area contributed by atoms with Crippen LogP contribution in [-0.2, 0) is 9.47 Å². The van der Waals surface area contributed by atoms with Gasteiger partial charge in [0.05, 0.1) is 0 Å². The number of halogens is 1. The van der Waals surface area contributed by atoms with E-state index >= 15 is 0 Å². The highest BCUT2D eigenvalue weighted by Crippen LogP contribution is 2.39. The number of hydrogen-bond acceptors (Lipinski definition) is 4. The summed E-state index contributed by atoms with van der Waals surface area (Å²) in [4.78, 5) is 0. The molecule has 0 aliphatic carbocycles. The minimum atomic E-state index is -0.303. The van der Waals surface area contributed by atoms with E-state index in [1.807, 2.05) is 13.8 Å². The Morgan fingerprint density at radius 2 is 0.941 bits per heavy atom. The summed E-state index contributed by atoms with van der Waals surface area (Å²) < 4.78 is 23.9. The highest BCUT2D eigenvalue weighted by Gasteiger charge is 2.22. The third kappa shape index (κ3) is 6.12. The zero-order valence-electron chi connectivity index (χ0n) is 21.4. The molecule has 0 heterocycles. The van der Waals surface area contributed by atoms with E-state index in [2.05, 4.69) is 98.8 Å². The van der Waals surface area contributed by atoms with Crippen LogP contribution >= 0.6 is 22.6 Å². The van der Waals surface area contributed by atoms with E-state index in [9.17, 15) is 0 Å². The topological polar surface area (TPSA) is 36.9 Å². The van der Waals surface area contributed by atoms with Crippen molar-refractivity contribution in [3.05, 3.63) is 91.0 Å². The maximum absolute atomic E-state index is 6.04. The Morgan fingerprint density at radius 1 is 0.588 bits per heavy atom. The van der Waals surface area contributed by atoms with Gasteiger partial charge in [-0.05, 0) is 115 Å². The maximum atomic E-state index is 6.04. The van der Waals surface area contributed by atoms with E-state index in [0.717, 1.165) is 33.8 Å². The highest BCUT2D eigenvalue weighted by atomic mass is 127. The third-order valence-corrected chi connectivity index (χ3v) is 6.79. The normalized spacial score (nSPS) is 13.9. The lowest BCUT2D eigenvalue weighted by Gasteiger charge is -2.25. The van der Waals surface area contributed by atoms with Gasteiger partial charge in [-0.15, -0.1) is 0 Å². The van der Waals surface area contributed by atoms with Gasteiger partial charge in [0.25, 0.3) is 0 Å². The van der Waals surface area contributed by atoms with Crippen LogP contribution in [-0.4, -0.2) is 26.8 Å². The summed E-state index contributed by atoms with van der Waals surface area (Å²) in [6.45, 7) is 12.2. The molecule has 0 saturated carbocycles. The molecule has 34 heavy (non-hydrogen) atoms. The van der Waals surface area contributed by atoms with Gasteiger partial charge < -0.3 is 18.9 Å². The summed E-state index contributed by atoms with van der Waals surface area (Å²) >= 11 is 2.35. The number of hydrogen-bond donors (Lipinski definition) is 0. The van der Waals surface area contributed by atoms with Gasteiger partial charge in [0.15, 0.2) is 12.6 Å². The Labute approximate surface area is 217 Å². The number of methoxy groups -OCH3 is 2. The van der Waals surface area contributed by atoms with Crippen LogP contribution in [0.3, 0.4) is 0 Å². The van der Waals surface area contributed by atoms with E-state index in [4.69, 9.17) is 18.9 Å². The first-order valence-corrected chi connectivity index (χ1v) is 12.6. The molecule has 0 amide bonds. The van der Waals surface area contributed by atoms with Gasteiger partial charge in [0.1, 0.15) is 11.5 Å². The fourth-order valence-electron chi connectivity index (χ4n) is 4.33. The Kier molecular flexibility index (Phi) is 9.01. The van der Waals surface area contributed by atoms with Crippen LogP contribution in [0.2, 0.25) is 0 Å². The highest BCUT2D eigenvalue weighted by molar-refractivity contribution is 14.1. The molecule has 0 aliphatic rings. The molecule has 5 heteroatoms. The molecule has 0 saturated heterocycles. The lowest BCUT2D eigenvalue weighted by Crippen LogP contribution is -2.16. The molecule has 0 aliphatic heterocycles. The molecular formula is C29H35IO4. The van der Waals surface area contributed by atoms with Crippen LogP contribution in [0.4, 0.5) is 0 Å². The Bertz CT molecular complexity index is 1010. The van der Waals surface area contributed by atoms with Gasteiger partial charge in [-0.2, -0.15) is 0 Å². The number of rotatable bonds is 9. The summed E-state index contributed by atoms with van der Waals surface area (Å²) in [6.07, 6.45) is -0.606. The van der Waals surface area contributed by atoms with Crippen molar-refractivity contribution < 1.29 is 18.9 Å². The maximum Gasteiger partial charge on any atom is 0.196 e. The zero-order valence-corrected chi connectivity index (χ0v) is 23.5. The van der Waals surface area contributed by atoms with Gasteiger partial charge in [0, 0.05) is 23.7 Å². The smallest absolute Gasteiger partial charge is 0.196 e. The lowest BCUT2D eigenvalue weighted by atomic mass is 9.82. The van der Waals surface area contributed by atoms with Crippen molar-refractivity contribution in [2.24, 2.45) is 0 Å². The predicted octanol–water partition coefficient (Wildman–Crippen LogP) is 7.45. The average Bonchev–Trinajstić information content (AvgIpc) is 2.79. The molecule has 0 aromatic heterocycles. The van der Waals surface area contributed by atoms with Crippen molar-refractivity contribution in [2.75, 3.05) is 14.2 Å². The van der Waals surface area contributed by atoms with E-state index in [0.29, 0.717) is 0 Å². The summed E-state index contributed by atoms with van der Waals surface area (Å²) in [5.41, 5.74) is 8.08. The molecule has 3 aromatic carbocycles. The second-order valence-corrected chi connectivity index (χ2v) is 10.0. The molecule has 0 spiro atoms. The van der Waals surface area contributed by atoms with Crippen molar-refractivity contribution in [2.45, 2.75) is 60.0 Å². The van der Waals surface area contributed by atoms with Gasteiger partial charge in [-0.3, -0.25) is 0 Å². The van der Waals surface area contributed by atoms with Gasteiger partial charge in [0.2, 0.25) is 0 Å². The number of benzene rings is 3. The lowest BCUT2D eigenvalue weighted by molar-refractivity contribution is -0.0393. The van der Waals surface area contributed by atoms with Gasteiger partial charge in [-0.25, -0.2) is 0 Å². The fourth-order valence-corrected chi connectivity index (χ4v) is 4.69. The van der Waals surface area contributed by atoms with Crippen LogP contribution in [0.1, 0.15) is 58.7 Å².